The van der Waals surface area contributed by atoms with Gasteiger partial charge in [-0.1, -0.05) is 133 Å². The van der Waals surface area contributed by atoms with E-state index in [-0.39, 0.29) is 54.6 Å². The van der Waals surface area contributed by atoms with Crippen molar-refractivity contribution >= 4 is 54.3 Å². The lowest BCUT2D eigenvalue weighted by Gasteiger charge is -2.18. The predicted molar refractivity (Wildman–Crippen MR) is 183 cm³/mol. The molecule has 8 aromatic carbocycles. The average Bonchev–Trinajstić information content (AvgIpc) is 3.68. The van der Waals surface area contributed by atoms with E-state index >= 15 is 0 Å². The number of rotatable bonds is 3. The molecule has 0 aliphatic carbocycles. The maximum Gasteiger partial charge on any atom is 0.136 e. The Bertz CT molecular complexity index is 3640. The molecule has 0 aliphatic rings. The van der Waals surface area contributed by atoms with Gasteiger partial charge < -0.3 is 4.42 Å². The topological polar surface area (TPSA) is 13.1 Å². The second-order valence-corrected chi connectivity index (χ2v) is 9.57. The molecule has 43 heavy (non-hydrogen) atoms. The lowest BCUT2D eigenvalue weighted by atomic mass is 9.85. The second-order valence-electron chi connectivity index (χ2n) is 9.57. The zero-order valence-electron chi connectivity index (χ0n) is 43.7. The summed E-state index contributed by atoms with van der Waals surface area (Å²) in [5, 5.41) is -1.63. The molecule has 0 saturated heterocycles. The van der Waals surface area contributed by atoms with E-state index < -0.39 is 166 Å². The highest BCUT2D eigenvalue weighted by molar-refractivity contribution is 6.22. The Balaban J connectivity index is 1.44. The third-order valence-corrected chi connectivity index (χ3v) is 7.20. The number of para-hydroxylation sites is 1. The Labute approximate surface area is 280 Å². The highest BCUT2D eigenvalue weighted by atomic mass is 16.3. The fourth-order valence-corrected chi connectivity index (χ4v) is 5.31. The van der Waals surface area contributed by atoms with Crippen LogP contribution in [0.25, 0.3) is 87.6 Å². The first-order chi connectivity index (χ1) is 30.5. The largest absolute Gasteiger partial charge is 0.456 e. The van der Waals surface area contributed by atoms with Gasteiger partial charge >= 0.3 is 0 Å². The average molecular weight is 569 g/mol. The molecular weight excluding hydrogens is 520 g/mol. The molecule has 1 heterocycles. The van der Waals surface area contributed by atoms with Crippen LogP contribution in [0.1, 0.15) is 30.2 Å². The van der Waals surface area contributed by atoms with Crippen molar-refractivity contribution in [2.75, 3.05) is 0 Å². The molecule has 1 heteroatoms. The summed E-state index contributed by atoms with van der Waals surface area (Å²) < 4.78 is 199. The Morgan fingerprint density at radius 2 is 0.884 bits per heavy atom. The summed E-state index contributed by atoms with van der Waals surface area (Å²) in [6.07, 6.45) is 0. The Morgan fingerprint density at radius 1 is 0.349 bits per heavy atom. The Kier molecular flexibility index (Phi) is 2.39. The summed E-state index contributed by atoms with van der Waals surface area (Å²) in [5.41, 5.74) is -3.08. The Morgan fingerprint density at radius 3 is 1.60 bits per heavy atom. The van der Waals surface area contributed by atoms with Gasteiger partial charge in [0.05, 0.1) is 30.2 Å². The first-order valence-corrected chi connectivity index (χ1v) is 13.0. The van der Waals surface area contributed by atoms with E-state index in [0.717, 1.165) is 0 Å². The van der Waals surface area contributed by atoms with E-state index in [1.165, 1.54) is 24.3 Å². The molecule has 200 valence electrons. The van der Waals surface area contributed by atoms with Crippen LogP contribution in [0.15, 0.2) is 162 Å². The van der Waals surface area contributed by atoms with Crippen molar-refractivity contribution in [3.05, 3.63) is 157 Å². The van der Waals surface area contributed by atoms with E-state index in [0.29, 0.717) is 0 Å². The van der Waals surface area contributed by atoms with Gasteiger partial charge in [0.1, 0.15) is 11.2 Å². The van der Waals surface area contributed by atoms with Gasteiger partial charge in [-0.15, -0.1) is 0 Å². The van der Waals surface area contributed by atoms with Gasteiger partial charge in [-0.3, -0.25) is 0 Å². The summed E-state index contributed by atoms with van der Waals surface area (Å²) in [6.45, 7) is 0. The summed E-state index contributed by atoms with van der Waals surface area (Å²) in [7, 11) is 0. The summed E-state index contributed by atoms with van der Waals surface area (Å²) in [5.74, 6) is 0. The molecule has 0 spiro atoms. The van der Waals surface area contributed by atoms with Crippen LogP contribution in [0, 0.1) is 0 Å². The van der Waals surface area contributed by atoms with Gasteiger partial charge in [0, 0.05) is 10.8 Å². The zero-order chi connectivity index (χ0) is 47.5. The smallest absolute Gasteiger partial charge is 0.136 e. The van der Waals surface area contributed by atoms with Crippen molar-refractivity contribution in [2.45, 2.75) is 0 Å². The van der Waals surface area contributed by atoms with Crippen molar-refractivity contribution in [3.63, 3.8) is 0 Å². The van der Waals surface area contributed by atoms with Crippen molar-refractivity contribution in [3.8, 4) is 33.4 Å². The lowest BCUT2D eigenvalue weighted by molar-refractivity contribution is 0.669. The normalized spacial score (nSPS) is 18.9. The van der Waals surface area contributed by atoms with E-state index in [1.807, 2.05) is 0 Å². The van der Waals surface area contributed by atoms with Gasteiger partial charge in [-0.05, 0) is 89.9 Å². The molecule has 0 atom stereocenters. The third kappa shape index (κ3) is 3.79. The van der Waals surface area contributed by atoms with Crippen LogP contribution in [0.4, 0.5) is 0 Å². The molecular formula is C42H26O. The van der Waals surface area contributed by atoms with E-state index in [9.17, 15) is 8.22 Å². The summed E-state index contributed by atoms with van der Waals surface area (Å²) >= 11 is 0. The van der Waals surface area contributed by atoms with Crippen molar-refractivity contribution < 1.29 is 34.6 Å². The molecule has 0 bridgehead atoms. The van der Waals surface area contributed by atoms with E-state index in [1.54, 1.807) is 0 Å². The maximum atomic E-state index is 9.46. The molecule has 1 aromatic heterocycles. The van der Waals surface area contributed by atoms with Crippen molar-refractivity contribution in [1.82, 2.24) is 0 Å². The molecule has 1 nitrogen and oxygen atoms in total. The van der Waals surface area contributed by atoms with Crippen LogP contribution in [0.5, 0.6) is 0 Å². The van der Waals surface area contributed by atoms with Gasteiger partial charge in [0.15, 0.2) is 0 Å². The summed E-state index contributed by atoms with van der Waals surface area (Å²) in [4.78, 5) is 0. The second kappa shape index (κ2) is 9.44. The minimum Gasteiger partial charge on any atom is -0.456 e. The number of benzene rings is 8. The van der Waals surface area contributed by atoms with Crippen LogP contribution in [-0.2, 0) is 0 Å². The third-order valence-electron chi connectivity index (χ3n) is 7.20. The molecule has 9 rings (SSSR count). The zero-order valence-corrected chi connectivity index (χ0v) is 21.7. The number of fused-ring (bicyclic) bond motifs is 6. The van der Waals surface area contributed by atoms with Crippen LogP contribution >= 0.6 is 0 Å². The van der Waals surface area contributed by atoms with E-state index in [4.69, 9.17) is 26.3 Å². The fourth-order valence-electron chi connectivity index (χ4n) is 5.31. The van der Waals surface area contributed by atoms with Crippen molar-refractivity contribution in [2.24, 2.45) is 0 Å². The molecule has 0 saturated carbocycles. The molecule has 0 amide bonds. The van der Waals surface area contributed by atoms with Gasteiger partial charge in [0.25, 0.3) is 0 Å². The number of hydrogen-bond acceptors (Lipinski definition) is 1. The van der Waals surface area contributed by atoms with Crippen LogP contribution < -0.4 is 0 Å². The SMILES string of the molecule is [2H]c1cc2c(-c3c([2H])c([2H])c(-c4c([2H])c([2H])c5c([2H])c([2H])c([2H])c([2H])c5c4[2H])c([2H])c3[2H])c3cc([2H])c([2H])cc3c(-c3c([2H])c([2H])c4c(oc5c([2H])c([2H])c([2H])c([2H])c54)c3[2H])c2cc1[2H]. The van der Waals surface area contributed by atoms with Gasteiger partial charge in [-0.25, -0.2) is 0 Å². The standard InChI is InChI=1S/C42H26O/c1-2-10-30-25-31(22-19-27(30)9-1)28-17-20-29(21-18-28)41-35-12-3-5-14-37(35)42(38-15-6-4-13-36(38)41)32-23-24-34-33-11-7-8-16-39(33)43-40(34)26-32/h1-26H/i1D,2D,3D,4D,5D,6D,7D,8D,9D,10D,11D,16D,17D,18D,19D,20D,21D,22D,23D,24D,25D,26D. The molecule has 0 unspecified atom stereocenters. The van der Waals surface area contributed by atoms with Crippen LogP contribution in [0.2, 0.25) is 0 Å². The fraction of sp³-hybridized carbons (Fsp3) is 0. The molecule has 0 fully saturated rings. The summed E-state index contributed by atoms with van der Waals surface area (Å²) in [6, 6.07) is -9.64. The van der Waals surface area contributed by atoms with E-state index in [2.05, 4.69) is 0 Å². The number of hydrogen-bond donors (Lipinski definition) is 0. The molecule has 0 N–H and O–H groups in total. The first-order valence-electron chi connectivity index (χ1n) is 24.0. The van der Waals surface area contributed by atoms with Gasteiger partial charge in [-0.2, -0.15) is 0 Å². The monoisotopic (exact) mass is 568 g/mol. The Hall–Kier alpha value is -5.66. The minimum atomic E-state index is -0.843. The van der Waals surface area contributed by atoms with Crippen LogP contribution in [0.3, 0.4) is 0 Å². The van der Waals surface area contributed by atoms with Crippen molar-refractivity contribution in [1.29, 1.82) is 0 Å². The molecule has 9 aromatic rings. The highest BCUT2D eigenvalue weighted by Gasteiger charge is 2.17. The molecule has 0 aliphatic heterocycles. The first kappa shape index (κ1) is 10.9. The predicted octanol–water partition coefficient (Wildman–Crippen LogP) is 12.0. The highest BCUT2D eigenvalue weighted by Crippen LogP contribution is 2.45. The number of furan rings is 1. The maximum absolute atomic E-state index is 9.46. The quantitative estimate of drug-likeness (QED) is 0.193. The lowest BCUT2D eigenvalue weighted by Crippen LogP contribution is -1.91. The van der Waals surface area contributed by atoms with Gasteiger partial charge in [0.2, 0.25) is 0 Å². The molecule has 0 radical (unpaired) electrons. The van der Waals surface area contributed by atoms with Crippen LogP contribution in [-0.4, -0.2) is 0 Å². The minimum absolute atomic E-state index is 0.0444.